The second-order valence-corrected chi connectivity index (χ2v) is 9.76. The van der Waals surface area contributed by atoms with Crippen LogP contribution in [0.25, 0.3) is 11.3 Å². The average Bonchev–Trinajstić information content (AvgIpc) is 2.98. The van der Waals surface area contributed by atoms with Gasteiger partial charge in [0.15, 0.2) is 5.82 Å². The highest BCUT2D eigenvalue weighted by Crippen LogP contribution is 2.35. The summed E-state index contributed by atoms with van der Waals surface area (Å²) in [5.41, 5.74) is 9.96. The van der Waals surface area contributed by atoms with Crippen molar-refractivity contribution in [2.75, 3.05) is 12.0 Å². The molecule has 10 heteroatoms. The Morgan fingerprint density at radius 2 is 2.17 bits per heavy atom. The van der Waals surface area contributed by atoms with E-state index in [1.165, 1.54) is 10.9 Å². The van der Waals surface area contributed by atoms with Gasteiger partial charge in [0.25, 0.3) is 5.88 Å². The van der Waals surface area contributed by atoms with Crippen LogP contribution in [-0.2, 0) is 22.5 Å². The highest BCUT2D eigenvalue weighted by molar-refractivity contribution is 7.92. The predicted molar refractivity (Wildman–Crippen MR) is 113 cm³/mol. The molecule has 1 aromatic carbocycles. The topological polar surface area (TPSA) is 132 Å². The highest BCUT2D eigenvalue weighted by Gasteiger charge is 2.25. The quantitative estimate of drug-likeness (QED) is 0.587. The fourth-order valence-electron chi connectivity index (χ4n) is 3.47. The Morgan fingerprint density at radius 3 is 2.90 bits per heavy atom. The standard InChI is InChI=1S/C20H21N7O2S/c1-11-5-6-14-13(7-11)12(2)29-20-19(22)23-9-15(24-20)18-16(10-30(4,28)26-14)25-27(3)17(18)8-21/h5-7,9,12H,10H2,1-4H3,(H2,22,23)/t12-,30?/m1/s1. The molecule has 1 aliphatic rings. The lowest BCUT2D eigenvalue weighted by molar-refractivity contribution is 0.219. The van der Waals surface area contributed by atoms with Crippen molar-refractivity contribution >= 4 is 21.2 Å². The molecule has 9 nitrogen and oxygen atoms in total. The molecule has 0 fully saturated rings. The summed E-state index contributed by atoms with van der Waals surface area (Å²) < 4.78 is 25.5. The predicted octanol–water partition coefficient (Wildman–Crippen LogP) is 3.02. The molecule has 1 aliphatic heterocycles. The van der Waals surface area contributed by atoms with Gasteiger partial charge >= 0.3 is 0 Å². The summed E-state index contributed by atoms with van der Waals surface area (Å²) in [6.07, 6.45) is 2.58. The minimum Gasteiger partial charge on any atom is -0.467 e. The zero-order valence-corrected chi connectivity index (χ0v) is 17.9. The molecule has 0 amide bonds. The van der Waals surface area contributed by atoms with Crippen LogP contribution >= 0.6 is 0 Å². The fraction of sp³-hybridized carbons (Fsp3) is 0.300. The summed E-state index contributed by atoms with van der Waals surface area (Å²) in [4.78, 5) is 8.73. The molecule has 2 atom stereocenters. The highest BCUT2D eigenvalue weighted by atomic mass is 32.2. The Balaban J connectivity index is 2.05. The summed E-state index contributed by atoms with van der Waals surface area (Å²) in [7, 11) is -1.07. The number of ether oxygens (including phenoxy) is 1. The van der Waals surface area contributed by atoms with Crippen LogP contribution in [0.15, 0.2) is 28.8 Å². The lowest BCUT2D eigenvalue weighted by Gasteiger charge is -2.19. The largest absolute Gasteiger partial charge is 0.467 e. The zero-order chi connectivity index (χ0) is 21.6. The van der Waals surface area contributed by atoms with E-state index in [0.717, 1.165) is 11.1 Å². The molecule has 0 saturated carbocycles. The number of nitriles is 1. The van der Waals surface area contributed by atoms with Gasteiger partial charge in [-0.05, 0) is 19.9 Å². The summed E-state index contributed by atoms with van der Waals surface area (Å²) >= 11 is 0. The van der Waals surface area contributed by atoms with Crippen LogP contribution in [0.2, 0.25) is 0 Å². The minimum atomic E-state index is -2.72. The number of nitrogens with two attached hydrogens (primary N) is 1. The summed E-state index contributed by atoms with van der Waals surface area (Å²) in [5.74, 6) is 0.350. The van der Waals surface area contributed by atoms with Crippen LogP contribution in [0.5, 0.6) is 5.88 Å². The van der Waals surface area contributed by atoms with E-state index in [-0.39, 0.29) is 23.1 Å². The third kappa shape index (κ3) is 3.48. The lowest BCUT2D eigenvalue weighted by Crippen LogP contribution is -2.10. The van der Waals surface area contributed by atoms with Crippen LogP contribution in [0.3, 0.4) is 0 Å². The molecule has 1 unspecified atom stereocenters. The van der Waals surface area contributed by atoms with Crippen molar-refractivity contribution in [1.82, 2.24) is 19.7 Å². The summed E-state index contributed by atoms with van der Waals surface area (Å²) in [6, 6.07) is 7.81. The van der Waals surface area contributed by atoms with Crippen molar-refractivity contribution in [3.8, 4) is 23.2 Å². The van der Waals surface area contributed by atoms with E-state index >= 15 is 0 Å². The van der Waals surface area contributed by atoms with Crippen molar-refractivity contribution in [3.05, 3.63) is 46.9 Å². The van der Waals surface area contributed by atoms with E-state index in [1.807, 2.05) is 32.0 Å². The van der Waals surface area contributed by atoms with E-state index in [4.69, 9.17) is 10.5 Å². The van der Waals surface area contributed by atoms with E-state index < -0.39 is 15.8 Å². The van der Waals surface area contributed by atoms with E-state index in [1.54, 1.807) is 13.3 Å². The SMILES string of the molecule is Cc1ccc2c(c1)[C@@H](C)Oc1nc(cnc1N)-c1c(nn(C)c1C#N)CS(C)(=O)=N2. The molecule has 0 spiro atoms. The Bertz CT molecular complexity index is 1330. The second kappa shape index (κ2) is 7.11. The maximum atomic E-state index is 13.5. The van der Waals surface area contributed by atoms with Crippen LogP contribution in [0.1, 0.15) is 35.5 Å². The normalized spacial score (nSPS) is 20.4. The van der Waals surface area contributed by atoms with Crippen molar-refractivity contribution in [1.29, 1.82) is 5.26 Å². The van der Waals surface area contributed by atoms with E-state index in [0.29, 0.717) is 22.6 Å². The number of anilines is 1. The molecule has 0 aliphatic carbocycles. The first-order valence-corrected chi connectivity index (χ1v) is 11.3. The van der Waals surface area contributed by atoms with Crippen LogP contribution < -0.4 is 10.5 Å². The Hall–Kier alpha value is -3.45. The maximum absolute atomic E-state index is 13.5. The molecular formula is C20H21N7O2S. The Labute approximate surface area is 174 Å². The van der Waals surface area contributed by atoms with Gasteiger partial charge < -0.3 is 10.5 Å². The van der Waals surface area contributed by atoms with Gasteiger partial charge in [0.05, 0.1) is 44.3 Å². The van der Waals surface area contributed by atoms with Gasteiger partial charge in [-0.15, -0.1) is 0 Å². The molecule has 2 bridgehead atoms. The van der Waals surface area contributed by atoms with Gasteiger partial charge in [-0.25, -0.2) is 14.2 Å². The van der Waals surface area contributed by atoms with Crippen molar-refractivity contribution in [2.45, 2.75) is 25.7 Å². The van der Waals surface area contributed by atoms with Gasteiger partial charge in [0.1, 0.15) is 17.9 Å². The molecule has 3 aromatic rings. The third-order valence-corrected chi connectivity index (χ3v) is 6.25. The number of hydrogen-bond acceptors (Lipinski definition) is 8. The first kappa shape index (κ1) is 19.8. The third-order valence-electron chi connectivity index (χ3n) is 4.85. The van der Waals surface area contributed by atoms with Crippen molar-refractivity contribution in [3.63, 3.8) is 0 Å². The van der Waals surface area contributed by atoms with E-state index in [9.17, 15) is 9.47 Å². The minimum absolute atomic E-state index is 0.0573. The molecule has 0 saturated heterocycles. The number of nitrogens with zero attached hydrogens (tertiary/aromatic N) is 6. The Morgan fingerprint density at radius 1 is 1.40 bits per heavy atom. The molecule has 2 aromatic heterocycles. The van der Waals surface area contributed by atoms with Gasteiger partial charge in [0.2, 0.25) is 0 Å². The van der Waals surface area contributed by atoms with Gasteiger partial charge in [0, 0.05) is 18.9 Å². The number of benzene rings is 1. The first-order valence-electron chi connectivity index (χ1n) is 9.24. The molecule has 3 heterocycles. The van der Waals surface area contributed by atoms with Gasteiger partial charge in [-0.3, -0.25) is 4.68 Å². The Kier molecular flexibility index (Phi) is 4.70. The number of aryl methyl sites for hydroxylation is 2. The molecule has 154 valence electrons. The number of aromatic nitrogens is 4. The molecule has 0 radical (unpaired) electrons. The first-order chi connectivity index (χ1) is 14.2. The average molecular weight is 424 g/mol. The monoisotopic (exact) mass is 423 g/mol. The van der Waals surface area contributed by atoms with Crippen molar-refractivity contribution < 1.29 is 8.95 Å². The number of hydrogen-bond donors (Lipinski definition) is 1. The lowest BCUT2D eigenvalue weighted by atomic mass is 10.1. The molecule has 4 rings (SSSR count). The van der Waals surface area contributed by atoms with Crippen LogP contribution in [-0.4, -0.2) is 30.2 Å². The van der Waals surface area contributed by atoms with Gasteiger partial charge in [-0.1, -0.05) is 17.7 Å². The fourth-order valence-corrected chi connectivity index (χ4v) is 4.83. The maximum Gasteiger partial charge on any atom is 0.258 e. The molecule has 2 N–H and O–H groups in total. The van der Waals surface area contributed by atoms with Crippen LogP contribution in [0.4, 0.5) is 11.5 Å². The van der Waals surface area contributed by atoms with Crippen molar-refractivity contribution in [2.24, 2.45) is 11.4 Å². The summed E-state index contributed by atoms with van der Waals surface area (Å²) in [6.45, 7) is 3.81. The van der Waals surface area contributed by atoms with E-state index in [2.05, 4.69) is 25.5 Å². The number of rotatable bonds is 0. The summed E-state index contributed by atoms with van der Waals surface area (Å²) in [5, 5.41) is 14.1. The second-order valence-electron chi connectivity index (χ2n) is 7.37. The zero-order valence-electron chi connectivity index (χ0n) is 17.1. The number of fused-ring (bicyclic) bond motifs is 5. The smallest absolute Gasteiger partial charge is 0.258 e. The van der Waals surface area contributed by atoms with Crippen LogP contribution in [0, 0.1) is 18.3 Å². The molecule has 30 heavy (non-hydrogen) atoms. The number of nitrogen functional groups attached to an aromatic ring is 1. The van der Waals surface area contributed by atoms with Gasteiger partial charge in [-0.2, -0.15) is 14.7 Å². The molecular weight excluding hydrogens is 402 g/mol.